The first kappa shape index (κ1) is 29.6. The number of rotatable bonds is 8. The third kappa shape index (κ3) is 7.11. The first-order chi connectivity index (χ1) is 17.2. The van der Waals surface area contributed by atoms with Gasteiger partial charge in [0.05, 0.1) is 0 Å². The van der Waals surface area contributed by atoms with Crippen LogP contribution in [0.3, 0.4) is 0 Å². The van der Waals surface area contributed by atoms with Gasteiger partial charge in [-0.25, -0.2) is 8.78 Å². The molecule has 0 aromatic carbocycles. The van der Waals surface area contributed by atoms with E-state index in [2.05, 4.69) is 32.6 Å². The van der Waals surface area contributed by atoms with Gasteiger partial charge in [-0.15, -0.1) is 0 Å². The van der Waals surface area contributed by atoms with E-state index in [0.717, 1.165) is 43.3 Å². The Morgan fingerprint density at radius 1 is 1.16 bits per heavy atom. The Morgan fingerprint density at radius 2 is 1.84 bits per heavy atom. The predicted octanol–water partition coefficient (Wildman–Crippen LogP) is 7.77. The zero-order valence-corrected chi connectivity index (χ0v) is 23.6. The lowest BCUT2D eigenvalue weighted by Crippen LogP contribution is -2.36. The number of hydrogen-bond donors (Lipinski definition) is 0. The fourth-order valence-corrected chi connectivity index (χ4v) is 7.24. The fourth-order valence-electron chi connectivity index (χ4n) is 7.24. The van der Waals surface area contributed by atoms with E-state index in [1.54, 1.807) is 0 Å². The van der Waals surface area contributed by atoms with E-state index in [4.69, 9.17) is 9.47 Å². The summed E-state index contributed by atoms with van der Waals surface area (Å²) in [6.07, 6.45) is 9.52. The molecule has 208 valence electrons. The second kappa shape index (κ2) is 11.8. The lowest BCUT2D eigenvalue weighted by atomic mass is 9.60. The van der Waals surface area contributed by atoms with E-state index < -0.39 is 17.9 Å². The summed E-state index contributed by atoms with van der Waals surface area (Å²) in [7, 11) is 0. The van der Waals surface area contributed by atoms with Crippen molar-refractivity contribution < 1.29 is 27.8 Å². The smallest absolute Gasteiger partial charge is 0.303 e. The lowest BCUT2D eigenvalue weighted by Gasteiger charge is -2.44. The molecule has 0 aromatic rings. The molecule has 0 spiro atoms. The van der Waals surface area contributed by atoms with Gasteiger partial charge < -0.3 is 9.47 Å². The Labute approximate surface area is 221 Å². The Balaban J connectivity index is 1.76. The van der Waals surface area contributed by atoms with Crippen LogP contribution in [0.4, 0.5) is 8.78 Å². The van der Waals surface area contributed by atoms with Crippen molar-refractivity contribution in [2.45, 2.75) is 123 Å². The maximum absolute atomic E-state index is 14.3. The molecule has 4 nitrogen and oxygen atoms in total. The zero-order chi connectivity index (χ0) is 27.5. The van der Waals surface area contributed by atoms with E-state index in [9.17, 15) is 18.4 Å². The largest absolute Gasteiger partial charge is 0.462 e. The van der Waals surface area contributed by atoms with Gasteiger partial charge in [-0.05, 0) is 93.1 Å². The number of hydrogen-bond acceptors (Lipinski definition) is 4. The number of carbonyl (C=O) groups excluding carboxylic acids is 2. The van der Waals surface area contributed by atoms with Crippen LogP contribution in [0, 0.1) is 23.2 Å². The third-order valence-corrected chi connectivity index (χ3v) is 9.21. The van der Waals surface area contributed by atoms with Crippen LogP contribution >= 0.6 is 0 Å². The number of carbonyl (C=O) groups is 2. The molecule has 0 amide bonds. The number of alkyl halides is 2. The van der Waals surface area contributed by atoms with Gasteiger partial charge in [0, 0.05) is 26.7 Å². The molecule has 0 radical (unpaired) electrons. The molecule has 37 heavy (non-hydrogen) atoms. The molecule has 1 unspecified atom stereocenters. The monoisotopic (exact) mass is 520 g/mol. The van der Waals surface area contributed by atoms with Crippen LogP contribution in [0.25, 0.3) is 0 Å². The fraction of sp³-hybridized carbons (Fsp3) is 0.742. The standard InChI is InChI=1S/C31H46F2O4/c1-19(10-15-29(32)30(5,6)33)26-13-14-27-23(9-8-16-31(26,27)7)11-12-24-17-25(36-21(3)34)18-28(20(24)2)37-22(4)35/h11-12,19,25-29H,2,8-10,13-18H2,1,3-7H3/b23-11+,24-12-/t19-,25-,26-,27+,28+,29?,31-/m1/s1. The molecule has 6 heteroatoms. The molecule has 3 aliphatic rings. The zero-order valence-electron chi connectivity index (χ0n) is 23.6. The van der Waals surface area contributed by atoms with Gasteiger partial charge in [0.2, 0.25) is 0 Å². The molecule has 0 N–H and O–H groups in total. The highest BCUT2D eigenvalue weighted by atomic mass is 19.2. The molecule has 7 atom stereocenters. The van der Waals surface area contributed by atoms with E-state index >= 15 is 0 Å². The normalized spacial score (nSPS) is 34.2. The Bertz CT molecular complexity index is 930. The molecule has 0 heterocycles. The van der Waals surface area contributed by atoms with Crippen LogP contribution < -0.4 is 0 Å². The summed E-state index contributed by atoms with van der Waals surface area (Å²) < 4.78 is 39.3. The summed E-state index contributed by atoms with van der Waals surface area (Å²) >= 11 is 0. The average molecular weight is 521 g/mol. The summed E-state index contributed by atoms with van der Waals surface area (Å²) in [6.45, 7) is 14.2. The van der Waals surface area contributed by atoms with Crippen LogP contribution in [0.1, 0.15) is 99.3 Å². The van der Waals surface area contributed by atoms with E-state index in [-0.39, 0.29) is 29.9 Å². The molecule has 3 fully saturated rings. The van der Waals surface area contributed by atoms with Crippen LogP contribution in [0.15, 0.2) is 35.5 Å². The van der Waals surface area contributed by atoms with Gasteiger partial charge in [0.25, 0.3) is 0 Å². The van der Waals surface area contributed by atoms with Crippen molar-refractivity contribution >= 4 is 11.9 Å². The van der Waals surface area contributed by atoms with Crippen molar-refractivity contribution in [2.24, 2.45) is 23.2 Å². The van der Waals surface area contributed by atoms with Crippen molar-refractivity contribution in [3.8, 4) is 0 Å². The van der Waals surface area contributed by atoms with Gasteiger partial charge in [-0.1, -0.05) is 38.2 Å². The van der Waals surface area contributed by atoms with Gasteiger partial charge in [0.15, 0.2) is 0 Å². The molecule has 0 aromatic heterocycles. The Morgan fingerprint density at radius 3 is 2.46 bits per heavy atom. The average Bonchev–Trinajstić information content (AvgIpc) is 3.14. The number of esters is 2. The lowest BCUT2D eigenvalue weighted by molar-refractivity contribution is -0.152. The summed E-state index contributed by atoms with van der Waals surface area (Å²) in [5.74, 6) is 0.584. The van der Waals surface area contributed by atoms with Crippen molar-refractivity contribution in [3.05, 3.63) is 35.5 Å². The van der Waals surface area contributed by atoms with E-state index in [1.807, 2.05) is 0 Å². The number of ether oxygens (including phenoxy) is 2. The summed E-state index contributed by atoms with van der Waals surface area (Å²) in [5.41, 5.74) is 1.51. The van der Waals surface area contributed by atoms with Gasteiger partial charge in [0.1, 0.15) is 24.0 Å². The quantitative estimate of drug-likeness (QED) is 0.307. The van der Waals surface area contributed by atoms with Crippen LogP contribution in [0.2, 0.25) is 0 Å². The van der Waals surface area contributed by atoms with Crippen molar-refractivity contribution in [2.75, 3.05) is 0 Å². The molecule has 3 saturated carbocycles. The number of fused-ring (bicyclic) bond motifs is 1. The summed E-state index contributed by atoms with van der Waals surface area (Å²) in [4.78, 5) is 23.2. The first-order valence-electron chi connectivity index (χ1n) is 14.0. The van der Waals surface area contributed by atoms with Crippen molar-refractivity contribution in [3.63, 3.8) is 0 Å². The number of halogens is 2. The Kier molecular flexibility index (Phi) is 9.45. The van der Waals surface area contributed by atoms with E-state index in [1.165, 1.54) is 33.3 Å². The van der Waals surface area contributed by atoms with Crippen LogP contribution in [0.5, 0.6) is 0 Å². The minimum absolute atomic E-state index is 0.156. The maximum atomic E-state index is 14.3. The molecular formula is C31H46F2O4. The minimum atomic E-state index is -1.79. The summed E-state index contributed by atoms with van der Waals surface area (Å²) in [5, 5.41) is 0. The number of allylic oxidation sites excluding steroid dienone is 3. The highest BCUT2D eigenvalue weighted by Gasteiger charge is 2.50. The van der Waals surface area contributed by atoms with Gasteiger partial charge in [-0.3, -0.25) is 9.59 Å². The molecule has 0 aliphatic heterocycles. The first-order valence-corrected chi connectivity index (χ1v) is 14.0. The SMILES string of the molecule is C=C1/C(=C\C=C2/CCC[C@]3(C)[C@@H]([C@H](C)CCC(F)C(C)(C)F)CC[C@@H]23)C[C@@H](OC(C)=O)C[C@@H]1OC(C)=O. The van der Waals surface area contributed by atoms with Gasteiger partial charge >= 0.3 is 11.9 Å². The third-order valence-electron chi connectivity index (χ3n) is 9.21. The van der Waals surface area contributed by atoms with Crippen molar-refractivity contribution in [1.82, 2.24) is 0 Å². The predicted molar refractivity (Wildman–Crippen MR) is 142 cm³/mol. The summed E-state index contributed by atoms with van der Waals surface area (Å²) in [6, 6.07) is 0. The molecule has 3 aliphatic carbocycles. The topological polar surface area (TPSA) is 52.6 Å². The van der Waals surface area contributed by atoms with Crippen LogP contribution in [-0.4, -0.2) is 36.0 Å². The molecule has 0 saturated heterocycles. The second-order valence-electron chi connectivity index (χ2n) is 12.4. The minimum Gasteiger partial charge on any atom is -0.462 e. The van der Waals surface area contributed by atoms with Crippen molar-refractivity contribution in [1.29, 1.82) is 0 Å². The maximum Gasteiger partial charge on any atom is 0.303 e. The highest BCUT2D eigenvalue weighted by molar-refractivity contribution is 5.67. The molecule has 0 bridgehead atoms. The van der Waals surface area contributed by atoms with Crippen LogP contribution in [-0.2, 0) is 19.1 Å². The molecule has 3 rings (SSSR count). The van der Waals surface area contributed by atoms with Gasteiger partial charge in [-0.2, -0.15) is 0 Å². The Hall–Kier alpha value is -1.98. The highest BCUT2D eigenvalue weighted by Crippen LogP contribution is 2.60. The second-order valence-corrected chi connectivity index (χ2v) is 12.4. The molecular weight excluding hydrogens is 474 g/mol. The van der Waals surface area contributed by atoms with E-state index in [0.29, 0.717) is 37.0 Å².